The van der Waals surface area contributed by atoms with E-state index in [0.717, 1.165) is 24.8 Å². The fraction of sp³-hybridized carbons (Fsp3) is 0.538. The fourth-order valence-electron chi connectivity index (χ4n) is 1.78. The molecule has 0 spiro atoms. The van der Waals surface area contributed by atoms with Gasteiger partial charge in [-0.2, -0.15) is 0 Å². The van der Waals surface area contributed by atoms with Crippen molar-refractivity contribution < 1.29 is 13.9 Å². The Morgan fingerprint density at radius 2 is 1.88 bits per heavy atom. The van der Waals surface area contributed by atoms with Crippen LogP contribution in [0.4, 0.5) is 4.39 Å². The highest BCUT2D eigenvalue weighted by Crippen LogP contribution is 2.27. The van der Waals surface area contributed by atoms with Gasteiger partial charge in [0.25, 0.3) is 0 Å². The number of rotatable bonds is 7. The zero-order chi connectivity index (χ0) is 12.7. The Labute approximate surface area is 102 Å². The van der Waals surface area contributed by atoms with Crippen molar-refractivity contribution in [2.24, 2.45) is 5.73 Å². The zero-order valence-electron chi connectivity index (χ0n) is 10.5. The van der Waals surface area contributed by atoms with Gasteiger partial charge in [-0.05, 0) is 31.4 Å². The molecule has 0 aliphatic heterocycles. The minimum atomic E-state index is -0.320. The van der Waals surface area contributed by atoms with E-state index in [1.54, 1.807) is 13.2 Å². The topological polar surface area (TPSA) is 44.5 Å². The number of halogens is 1. The van der Waals surface area contributed by atoms with Crippen molar-refractivity contribution in [3.63, 3.8) is 0 Å². The van der Waals surface area contributed by atoms with Crippen molar-refractivity contribution in [2.75, 3.05) is 20.8 Å². The van der Waals surface area contributed by atoms with Crippen LogP contribution in [-0.4, -0.2) is 20.8 Å². The fourth-order valence-corrected chi connectivity index (χ4v) is 1.78. The molecule has 96 valence electrons. The number of unbranched alkanes of at least 4 members (excludes halogenated alkanes) is 1. The quantitative estimate of drug-likeness (QED) is 0.745. The van der Waals surface area contributed by atoms with Crippen LogP contribution in [0.3, 0.4) is 0 Å². The van der Waals surface area contributed by atoms with Gasteiger partial charge in [0.15, 0.2) is 11.6 Å². The van der Waals surface area contributed by atoms with Crippen molar-refractivity contribution in [1.29, 1.82) is 0 Å². The van der Waals surface area contributed by atoms with Gasteiger partial charge in [0.2, 0.25) is 0 Å². The van der Waals surface area contributed by atoms with E-state index >= 15 is 0 Å². The molecule has 0 aliphatic carbocycles. The summed E-state index contributed by atoms with van der Waals surface area (Å²) >= 11 is 0. The Balaban J connectivity index is 2.87. The summed E-state index contributed by atoms with van der Waals surface area (Å²) in [5.74, 6) is 0.0103. The number of aryl methyl sites for hydroxylation is 1. The lowest BCUT2D eigenvalue weighted by atomic mass is 10.0. The summed E-state index contributed by atoms with van der Waals surface area (Å²) in [6.45, 7) is 0.915. The number of hydrogen-bond acceptors (Lipinski definition) is 3. The van der Waals surface area contributed by atoms with Gasteiger partial charge in [0, 0.05) is 12.7 Å². The van der Waals surface area contributed by atoms with Gasteiger partial charge in [0.1, 0.15) is 0 Å². The Bertz CT molecular complexity index is 356. The third-order valence-corrected chi connectivity index (χ3v) is 2.66. The average molecular weight is 241 g/mol. The van der Waals surface area contributed by atoms with E-state index in [4.69, 9.17) is 15.2 Å². The lowest BCUT2D eigenvalue weighted by Crippen LogP contribution is -2.03. The van der Waals surface area contributed by atoms with Crippen LogP contribution in [0, 0.1) is 5.82 Å². The molecular formula is C13H20FNO2. The molecule has 4 heteroatoms. The molecule has 1 aromatic carbocycles. The van der Waals surface area contributed by atoms with Gasteiger partial charge < -0.3 is 15.2 Å². The number of ether oxygens (including phenoxy) is 2. The van der Waals surface area contributed by atoms with Gasteiger partial charge in [-0.25, -0.2) is 4.39 Å². The van der Waals surface area contributed by atoms with Crippen molar-refractivity contribution in [3.05, 3.63) is 29.1 Å². The Hall–Kier alpha value is -1.13. The second-order valence-electron chi connectivity index (χ2n) is 3.91. The number of nitrogens with two attached hydrogens (primary N) is 1. The van der Waals surface area contributed by atoms with Gasteiger partial charge in [0.05, 0.1) is 13.7 Å². The maximum absolute atomic E-state index is 14.0. The van der Waals surface area contributed by atoms with E-state index in [-0.39, 0.29) is 12.4 Å². The summed E-state index contributed by atoms with van der Waals surface area (Å²) in [6, 6.07) is 3.64. The van der Waals surface area contributed by atoms with E-state index in [1.165, 1.54) is 7.11 Å². The van der Waals surface area contributed by atoms with Gasteiger partial charge in [-0.3, -0.25) is 0 Å². The largest absolute Gasteiger partial charge is 0.493 e. The van der Waals surface area contributed by atoms with Gasteiger partial charge in [-0.1, -0.05) is 12.1 Å². The molecule has 1 rings (SSSR count). The normalized spacial score (nSPS) is 10.6. The number of methoxy groups -OCH3 is 2. The molecule has 0 aromatic heterocycles. The first-order chi connectivity index (χ1) is 8.24. The molecule has 1 aromatic rings. The molecule has 0 unspecified atom stereocenters. The van der Waals surface area contributed by atoms with Crippen molar-refractivity contribution in [1.82, 2.24) is 0 Å². The summed E-state index contributed by atoms with van der Waals surface area (Å²) in [5.41, 5.74) is 6.84. The van der Waals surface area contributed by atoms with Crippen LogP contribution < -0.4 is 10.5 Å². The summed E-state index contributed by atoms with van der Waals surface area (Å²) in [5, 5.41) is 0. The first-order valence-electron chi connectivity index (χ1n) is 5.77. The highest BCUT2D eigenvalue weighted by molar-refractivity contribution is 5.39. The van der Waals surface area contributed by atoms with E-state index in [1.807, 2.05) is 6.07 Å². The summed E-state index contributed by atoms with van der Waals surface area (Å²) in [6.07, 6.45) is 2.66. The van der Waals surface area contributed by atoms with Crippen LogP contribution in [0.2, 0.25) is 0 Å². The molecule has 0 fully saturated rings. The minimum absolute atomic E-state index is 0.255. The van der Waals surface area contributed by atoms with E-state index < -0.39 is 0 Å². The minimum Gasteiger partial charge on any atom is -0.493 e. The van der Waals surface area contributed by atoms with Crippen LogP contribution in [-0.2, 0) is 17.8 Å². The van der Waals surface area contributed by atoms with Gasteiger partial charge in [-0.15, -0.1) is 0 Å². The lowest BCUT2D eigenvalue weighted by Gasteiger charge is -2.12. The third kappa shape index (κ3) is 3.68. The maximum atomic E-state index is 14.0. The standard InChI is InChI=1S/C13H20FNO2/c1-16-9-11-7-6-10(5-3-4-8-15)13(17-2)12(11)14/h6-7H,3-5,8-9,15H2,1-2H3. The first kappa shape index (κ1) is 13.9. The Morgan fingerprint density at radius 1 is 1.18 bits per heavy atom. The second kappa shape index (κ2) is 7.25. The van der Waals surface area contributed by atoms with Crippen molar-refractivity contribution in [2.45, 2.75) is 25.9 Å². The summed E-state index contributed by atoms with van der Waals surface area (Å²) < 4.78 is 24.1. The smallest absolute Gasteiger partial charge is 0.170 e. The SMILES string of the molecule is COCc1ccc(CCCCN)c(OC)c1F. The van der Waals surface area contributed by atoms with Crippen LogP contribution in [0.5, 0.6) is 5.75 Å². The number of hydrogen-bond donors (Lipinski definition) is 1. The molecule has 3 nitrogen and oxygen atoms in total. The highest BCUT2D eigenvalue weighted by Gasteiger charge is 2.13. The first-order valence-corrected chi connectivity index (χ1v) is 5.77. The molecule has 0 bridgehead atoms. The monoisotopic (exact) mass is 241 g/mol. The van der Waals surface area contributed by atoms with Crippen LogP contribution >= 0.6 is 0 Å². The Kier molecular flexibility index (Phi) is 5.94. The van der Waals surface area contributed by atoms with E-state index in [9.17, 15) is 4.39 Å². The van der Waals surface area contributed by atoms with Crippen LogP contribution in [0.1, 0.15) is 24.0 Å². The number of benzene rings is 1. The van der Waals surface area contributed by atoms with E-state index in [0.29, 0.717) is 17.9 Å². The molecule has 0 radical (unpaired) electrons. The van der Waals surface area contributed by atoms with Crippen molar-refractivity contribution >= 4 is 0 Å². The summed E-state index contributed by atoms with van der Waals surface area (Å²) in [4.78, 5) is 0. The lowest BCUT2D eigenvalue weighted by molar-refractivity contribution is 0.180. The highest BCUT2D eigenvalue weighted by atomic mass is 19.1. The van der Waals surface area contributed by atoms with Crippen LogP contribution in [0.15, 0.2) is 12.1 Å². The van der Waals surface area contributed by atoms with Gasteiger partial charge >= 0.3 is 0 Å². The predicted molar refractivity (Wildman–Crippen MR) is 65.7 cm³/mol. The predicted octanol–water partition coefficient (Wildman–Crippen LogP) is 2.26. The third-order valence-electron chi connectivity index (χ3n) is 2.66. The molecule has 17 heavy (non-hydrogen) atoms. The maximum Gasteiger partial charge on any atom is 0.170 e. The second-order valence-corrected chi connectivity index (χ2v) is 3.91. The van der Waals surface area contributed by atoms with E-state index in [2.05, 4.69) is 0 Å². The average Bonchev–Trinajstić information content (AvgIpc) is 2.33. The summed E-state index contributed by atoms with van der Waals surface area (Å²) in [7, 11) is 3.03. The molecular weight excluding hydrogens is 221 g/mol. The van der Waals surface area contributed by atoms with Crippen LogP contribution in [0.25, 0.3) is 0 Å². The molecule has 0 heterocycles. The molecule has 0 saturated heterocycles. The zero-order valence-corrected chi connectivity index (χ0v) is 10.5. The molecule has 2 N–H and O–H groups in total. The Morgan fingerprint density at radius 3 is 2.47 bits per heavy atom. The molecule has 0 atom stereocenters. The van der Waals surface area contributed by atoms with Crippen molar-refractivity contribution in [3.8, 4) is 5.75 Å². The molecule has 0 amide bonds. The molecule has 0 aliphatic rings. The molecule has 0 saturated carbocycles.